The van der Waals surface area contributed by atoms with Gasteiger partial charge < -0.3 is 8.74 Å². The minimum Gasteiger partial charge on any atom is -0.747 e. The molecule has 0 aliphatic rings. The maximum Gasteiger partial charge on any atom is 1.00 e. The fourth-order valence-electron chi connectivity index (χ4n) is 2.11. The Labute approximate surface area is 171 Å². The van der Waals surface area contributed by atoms with Gasteiger partial charge in [0.1, 0.15) is 21.6 Å². The molecule has 1 aromatic heterocycles. The van der Waals surface area contributed by atoms with Crippen LogP contribution in [-0.4, -0.2) is 36.8 Å². The first-order chi connectivity index (χ1) is 11.4. The third-order valence-corrected chi connectivity index (χ3v) is 4.11. The van der Waals surface area contributed by atoms with E-state index in [0.717, 1.165) is 13.3 Å². The van der Waals surface area contributed by atoms with Gasteiger partial charge in [-0.15, -0.1) is 0 Å². The van der Waals surface area contributed by atoms with Crippen molar-refractivity contribution >= 4 is 20.2 Å². The first kappa shape index (κ1) is 22.6. The summed E-state index contributed by atoms with van der Waals surface area (Å²) in [6, 6.07) is 7.58. The molecule has 0 bridgehead atoms. The maximum atomic E-state index is 12.6. The molecule has 10 nitrogen and oxygen atoms in total. The van der Waals surface area contributed by atoms with Crippen LogP contribution in [0.5, 0.6) is 5.88 Å². The van der Waals surface area contributed by atoms with E-state index in [-0.39, 0.29) is 45.3 Å². The Bertz CT molecular complexity index is 1140. The number of hydrogen-bond acceptors (Lipinski definition) is 8. The van der Waals surface area contributed by atoms with E-state index in [1.165, 1.54) is 12.1 Å². The van der Waals surface area contributed by atoms with Gasteiger partial charge in [0.25, 0.3) is 5.56 Å². The normalized spacial score (nSPS) is 11.7. The molecule has 0 spiro atoms. The zero-order chi connectivity index (χ0) is 19.0. The molecule has 0 atom stereocenters. The molecule has 2 aromatic rings. The minimum atomic E-state index is -4.95. The standard InChI is InChI=1S/C13H14N2O8S2.Na/c1-14-12(23-24(2,18)19)10(9-6-4-3-5-7-9)11(16)15(13(14)17)8-25(20,21)22;/h3-7H,8H2,1-2H3,(H,20,21,22);/q;+1/p-1. The molecule has 0 N–H and O–H groups in total. The van der Waals surface area contributed by atoms with E-state index in [0.29, 0.717) is 4.57 Å². The van der Waals surface area contributed by atoms with Gasteiger partial charge in [-0.05, 0) is 5.56 Å². The predicted octanol–water partition coefficient (Wildman–Crippen LogP) is -3.94. The Morgan fingerprint density at radius 3 is 2.08 bits per heavy atom. The Hall–Kier alpha value is -1.44. The summed E-state index contributed by atoms with van der Waals surface area (Å²) in [5.74, 6) is -1.97. The van der Waals surface area contributed by atoms with Crippen LogP contribution in [0.2, 0.25) is 0 Å². The third-order valence-electron chi connectivity index (χ3n) is 3.08. The van der Waals surface area contributed by atoms with Gasteiger partial charge in [-0.3, -0.25) is 9.36 Å². The first-order valence-corrected chi connectivity index (χ1v) is 10.0. The van der Waals surface area contributed by atoms with Gasteiger partial charge in [0.15, 0.2) is 0 Å². The zero-order valence-electron chi connectivity index (χ0n) is 14.1. The third kappa shape index (κ3) is 5.28. The summed E-state index contributed by atoms with van der Waals surface area (Å²) in [5.41, 5.74) is -2.55. The van der Waals surface area contributed by atoms with Crippen LogP contribution in [0.3, 0.4) is 0 Å². The van der Waals surface area contributed by atoms with Crippen molar-refractivity contribution in [3.05, 3.63) is 51.2 Å². The van der Waals surface area contributed by atoms with E-state index in [9.17, 15) is 31.0 Å². The van der Waals surface area contributed by atoms with Crippen LogP contribution in [0, 0.1) is 0 Å². The minimum absolute atomic E-state index is 0. The quantitative estimate of drug-likeness (QED) is 0.275. The molecule has 0 fully saturated rings. The van der Waals surface area contributed by atoms with Gasteiger partial charge in [-0.25, -0.2) is 17.8 Å². The summed E-state index contributed by atoms with van der Waals surface area (Å²) in [6.45, 7) is 0. The van der Waals surface area contributed by atoms with Gasteiger partial charge in [-0.2, -0.15) is 8.42 Å². The Morgan fingerprint density at radius 2 is 1.62 bits per heavy atom. The average Bonchev–Trinajstić information content (AvgIpc) is 2.48. The monoisotopic (exact) mass is 412 g/mol. The van der Waals surface area contributed by atoms with Gasteiger partial charge >= 0.3 is 45.4 Å². The Balaban J connectivity index is 0.00000338. The second kappa shape index (κ2) is 8.06. The molecule has 0 saturated heterocycles. The van der Waals surface area contributed by atoms with E-state index in [1.807, 2.05) is 0 Å². The van der Waals surface area contributed by atoms with Crippen LogP contribution in [-0.2, 0) is 33.2 Å². The molecule has 0 aliphatic heterocycles. The summed E-state index contributed by atoms with van der Waals surface area (Å²) in [6.07, 6.45) is 0.722. The number of hydrogen-bond donors (Lipinski definition) is 0. The van der Waals surface area contributed by atoms with Crippen LogP contribution in [0.25, 0.3) is 11.1 Å². The molecule has 2 rings (SSSR count). The van der Waals surface area contributed by atoms with Gasteiger partial charge in [0.2, 0.25) is 5.88 Å². The first-order valence-electron chi connectivity index (χ1n) is 6.63. The van der Waals surface area contributed by atoms with Crippen molar-refractivity contribution in [2.45, 2.75) is 5.88 Å². The molecule has 1 aromatic carbocycles. The van der Waals surface area contributed by atoms with E-state index in [1.54, 1.807) is 18.2 Å². The van der Waals surface area contributed by atoms with Crippen molar-refractivity contribution in [3.63, 3.8) is 0 Å². The van der Waals surface area contributed by atoms with Gasteiger partial charge in [0.05, 0.1) is 6.26 Å². The summed E-state index contributed by atoms with van der Waals surface area (Å²) in [7, 11) is -7.96. The van der Waals surface area contributed by atoms with Gasteiger partial charge in [-0.1, -0.05) is 30.3 Å². The summed E-state index contributed by atoms with van der Waals surface area (Å²) < 4.78 is 61.5. The molecule has 0 unspecified atom stereocenters. The SMILES string of the molecule is Cn1c(OS(C)(=O)=O)c(-c2ccccc2)c(=O)n(CS(=O)(=O)[O-])c1=O.[Na+]. The summed E-state index contributed by atoms with van der Waals surface area (Å²) in [5, 5.41) is 0. The second-order valence-electron chi connectivity index (χ2n) is 5.10. The summed E-state index contributed by atoms with van der Waals surface area (Å²) >= 11 is 0. The van der Waals surface area contributed by atoms with E-state index in [2.05, 4.69) is 0 Å². The smallest absolute Gasteiger partial charge is 0.747 e. The largest absolute Gasteiger partial charge is 1.00 e. The van der Waals surface area contributed by atoms with Crippen molar-refractivity contribution in [2.75, 3.05) is 6.26 Å². The van der Waals surface area contributed by atoms with Crippen molar-refractivity contribution in [1.82, 2.24) is 9.13 Å². The van der Waals surface area contributed by atoms with Gasteiger partial charge in [0, 0.05) is 7.05 Å². The van der Waals surface area contributed by atoms with E-state index in [4.69, 9.17) is 4.18 Å². The fraction of sp³-hybridized carbons (Fsp3) is 0.231. The van der Waals surface area contributed by atoms with Crippen LogP contribution < -0.4 is 45.0 Å². The van der Waals surface area contributed by atoms with Crippen molar-refractivity contribution in [2.24, 2.45) is 7.05 Å². The molecule has 0 amide bonds. The molecule has 0 saturated carbocycles. The van der Waals surface area contributed by atoms with Crippen LogP contribution >= 0.6 is 0 Å². The van der Waals surface area contributed by atoms with Crippen LogP contribution in [0.15, 0.2) is 39.9 Å². The van der Waals surface area contributed by atoms with Crippen molar-refractivity contribution < 1.29 is 55.1 Å². The van der Waals surface area contributed by atoms with Crippen LogP contribution in [0.1, 0.15) is 0 Å². The zero-order valence-corrected chi connectivity index (χ0v) is 17.7. The number of benzene rings is 1. The molecular formula is C13H13N2NaO8S2. The Kier molecular flexibility index (Phi) is 7.01. The number of aromatic nitrogens is 2. The van der Waals surface area contributed by atoms with Crippen LogP contribution in [0.4, 0.5) is 0 Å². The molecule has 136 valence electrons. The second-order valence-corrected chi connectivity index (χ2v) is 8.04. The topological polar surface area (TPSA) is 145 Å². The van der Waals surface area contributed by atoms with E-state index < -0.39 is 43.2 Å². The number of nitrogens with zero attached hydrogens (tertiary/aromatic N) is 2. The molecular weight excluding hydrogens is 399 g/mol. The van der Waals surface area contributed by atoms with E-state index >= 15 is 0 Å². The molecule has 0 radical (unpaired) electrons. The maximum absolute atomic E-state index is 12.6. The van der Waals surface area contributed by atoms with Crippen molar-refractivity contribution in [1.29, 1.82) is 0 Å². The molecule has 13 heteroatoms. The number of rotatable bonds is 5. The predicted molar refractivity (Wildman–Crippen MR) is 86.5 cm³/mol. The molecule has 0 aliphatic carbocycles. The molecule has 26 heavy (non-hydrogen) atoms. The summed E-state index contributed by atoms with van der Waals surface area (Å²) in [4.78, 5) is 24.8. The average molecular weight is 412 g/mol. The Morgan fingerprint density at radius 1 is 1.08 bits per heavy atom. The van der Waals surface area contributed by atoms with Crippen molar-refractivity contribution in [3.8, 4) is 17.0 Å². The molecule has 1 heterocycles. The fourth-order valence-corrected chi connectivity index (χ4v) is 3.14.